The van der Waals surface area contributed by atoms with Gasteiger partial charge in [0, 0.05) is 26.3 Å². The first kappa shape index (κ1) is 11.5. The van der Waals surface area contributed by atoms with E-state index in [1.807, 2.05) is 20.2 Å². The van der Waals surface area contributed by atoms with Crippen molar-refractivity contribution in [1.82, 2.24) is 15.0 Å². The van der Waals surface area contributed by atoms with Crippen LogP contribution in [0.1, 0.15) is 31.9 Å². The third-order valence-electron chi connectivity index (χ3n) is 3.26. The fourth-order valence-corrected chi connectivity index (χ4v) is 2.12. The average Bonchev–Trinajstić information content (AvgIpc) is 2.65. The van der Waals surface area contributed by atoms with Gasteiger partial charge < -0.3 is 9.84 Å². The van der Waals surface area contributed by atoms with Gasteiger partial charge in [0.25, 0.3) is 0 Å². The summed E-state index contributed by atoms with van der Waals surface area (Å²) in [5.74, 6) is 0. The highest BCUT2D eigenvalue weighted by Crippen LogP contribution is 2.29. The molecule has 1 fully saturated rings. The fourth-order valence-electron chi connectivity index (χ4n) is 2.12. The average molecular weight is 225 g/mol. The van der Waals surface area contributed by atoms with Crippen LogP contribution in [-0.2, 0) is 18.2 Å². The molecule has 2 heterocycles. The predicted molar refractivity (Wildman–Crippen MR) is 58.9 cm³/mol. The maximum atomic E-state index is 10.2. The van der Waals surface area contributed by atoms with Crippen molar-refractivity contribution in [2.24, 2.45) is 7.05 Å². The number of nitrogens with zero attached hydrogens (tertiary/aromatic N) is 3. The van der Waals surface area contributed by atoms with Gasteiger partial charge in [-0.1, -0.05) is 5.21 Å². The molecule has 1 aromatic rings. The Hall–Kier alpha value is -0.940. The largest absolute Gasteiger partial charge is 0.390 e. The molecule has 0 spiro atoms. The topological polar surface area (TPSA) is 60.2 Å². The van der Waals surface area contributed by atoms with E-state index in [9.17, 15) is 5.11 Å². The summed E-state index contributed by atoms with van der Waals surface area (Å²) in [7, 11) is 1.82. The molecule has 1 aliphatic rings. The molecule has 2 rings (SSSR count). The molecule has 0 saturated carbocycles. The van der Waals surface area contributed by atoms with Crippen LogP contribution in [0.2, 0.25) is 0 Å². The van der Waals surface area contributed by atoms with Crippen molar-refractivity contribution < 1.29 is 9.84 Å². The molecule has 90 valence electrons. The zero-order valence-corrected chi connectivity index (χ0v) is 9.89. The lowest BCUT2D eigenvalue weighted by Gasteiger charge is -2.37. The van der Waals surface area contributed by atoms with Crippen molar-refractivity contribution in [2.75, 3.05) is 6.61 Å². The van der Waals surface area contributed by atoms with Gasteiger partial charge >= 0.3 is 0 Å². The van der Waals surface area contributed by atoms with Gasteiger partial charge in [0.05, 0.1) is 17.4 Å². The molecule has 0 aromatic carbocycles. The summed E-state index contributed by atoms with van der Waals surface area (Å²) in [5.41, 5.74) is 0.390. The SMILES string of the molecule is Cn1cc(CC(O)C2(C)CCCCO2)nn1. The summed E-state index contributed by atoms with van der Waals surface area (Å²) in [6.07, 6.45) is 4.94. The van der Waals surface area contributed by atoms with Crippen LogP contribution >= 0.6 is 0 Å². The first-order valence-corrected chi connectivity index (χ1v) is 5.77. The molecular weight excluding hydrogens is 206 g/mol. The van der Waals surface area contributed by atoms with Gasteiger partial charge in [0.1, 0.15) is 0 Å². The van der Waals surface area contributed by atoms with Gasteiger partial charge in [0.2, 0.25) is 0 Å². The lowest BCUT2D eigenvalue weighted by molar-refractivity contribution is -0.135. The minimum Gasteiger partial charge on any atom is -0.390 e. The second-order valence-corrected chi connectivity index (χ2v) is 4.72. The van der Waals surface area contributed by atoms with E-state index in [1.165, 1.54) is 0 Å². The van der Waals surface area contributed by atoms with Crippen LogP contribution in [-0.4, -0.2) is 38.4 Å². The Bertz CT molecular complexity index is 345. The zero-order valence-electron chi connectivity index (χ0n) is 9.89. The first-order valence-electron chi connectivity index (χ1n) is 5.77. The van der Waals surface area contributed by atoms with Crippen molar-refractivity contribution in [1.29, 1.82) is 0 Å². The molecule has 1 saturated heterocycles. The maximum Gasteiger partial charge on any atom is 0.0916 e. The first-order chi connectivity index (χ1) is 7.60. The molecule has 1 aromatic heterocycles. The number of aromatic nitrogens is 3. The Morgan fingerprint density at radius 3 is 3.00 bits per heavy atom. The fraction of sp³-hybridized carbons (Fsp3) is 0.818. The van der Waals surface area contributed by atoms with Gasteiger partial charge in [-0.15, -0.1) is 5.10 Å². The highest BCUT2D eigenvalue weighted by molar-refractivity contribution is 4.99. The standard InChI is InChI=1S/C11H19N3O2/c1-11(5-3-4-6-16-11)10(15)7-9-8-14(2)13-12-9/h8,10,15H,3-7H2,1-2H3. The molecular formula is C11H19N3O2. The molecule has 1 aliphatic heterocycles. The third-order valence-corrected chi connectivity index (χ3v) is 3.26. The Morgan fingerprint density at radius 1 is 1.62 bits per heavy atom. The summed E-state index contributed by atoms with van der Waals surface area (Å²) in [5, 5.41) is 18.0. The van der Waals surface area contributed by atoms with Crippen LogP contribution in [0.25, 0.3) is 0 Å². The van der Waals surface area contributed by atoms with E-state index in [2.05, 4.69) is 10.3 Å². The van der Waals surface area contributed by atoms with E-state index in [1.54, 1.807) is 4.68 Å². The smallest absolute Gasteiger partial charge is 0.0916 e. The summed E-state index contributed by atoms with van der Waals surface area (Å²) in [6, 6.07) is 0. The van der Waals surface area contributed by atoms with Crippen LogP contribution in [0, 0.1) is 0 Å². The van der Waals surface area contributed by atoms with Crippen molar-refractivity contribution >= 4 is 0 Å². The van der Waals surface area contributed by atoms with Crippen LogP contribution in [0.3, 0.4) is 0 Å². The van der Waals surface area contributed by atoms with Gasteiger partial charge in [-0.2, -0.15) is 0 Å². The number of hydrogen-bond acceptors (Lipinski definition) is 4. The van der Waals surface area contributed by atoms with Crippen LogP contribution in [0.4, 0.5) is 0 Å². The van der Waals surface area contributed by atoms with E-state index >= 15 is 0 Å². The zero-order chi connectivity index (χ0) is 11.6. The number of rotatable bonds is 3. The summed E-state index contributed by atoms with van der Waals surface area (Å²) in [6.45, 7) is 2.72. The minimum atomic E-state index is -0.510. The molecule has 1 N–H and O–H groups in total. The van der Waals surface area contributed by atoms with Gasteiger partial charge in [-0.25, -0.2) is 0 Å². The van der Waals surface area contributed by atoms with Crippen molar-refractivity contribution in [3.63, 3.8) is 0 Å². The molecule has 0 bridgehead atoms. The molecule has 16 heavy (non-hydrogen) atoms. The van der Waals surface area contributed by atoms with Gasteiger partial charge in [-0.05, 0) is 26.2 Å². The number of aliphatic hydroxyl groups excluding tert-OH is 1. The van der Waals surface area contributed by atoms with Crippen LogP contribution < -0.4 is 0 Å². The van der Waals surface area contributed by atoms with E-state index in [4.69, 9.17) is 4.74 Å². The number of ether oxygens (including phenoxy) is 1. The second-order valence-electron chi connectivity index (χ2n) is 4.72. The quantitative estimate of drug-likeness (QED) is 0.821. The van der Waals surface area contributed by atoms with E-state index in [0.29, 0.717) is 6.42 Å². The lowest BCUT2D eigenvalue weighted by Crippen LogP contribution is -2.45. The van der Waals surface area contributed by atoms with Crippen molar-refractivity contribution in [2.45, 2.75) is 44.3 Å². The van der Waals surface area contributed by atoms with Crippen LogP contribution in [0.5, 0.6) is 0 Å². The molecule has 0 amide bonds. The predicted octanol–water partition coefficient (Wildman–Crippen LogP) is 0.678. The molecule has 0 radical (unpaired) electrons. The molecule has 2 atom stereocenters. The highest BCUT2D eigenvalue weighted by Gasteiger charge is 2.36. The van der Waals surface area contributed by atoms with Crippen LogP contribution in [0.15, 0.2) is 6.20 Å². The van der Waals surface area contributed by atoms with E-state index in [0.717, 1.165) is 31.6 Å². The molecule has 2 unspecified atom stereocenters. The Balaban J connectivity index is 1.98. The number of aryl methyl sites for hydroxylation is 1. The maximum absolute atomic E-state index is 10.2. The number of aliphatic hydroxyl groups is 1. The Morgan fingerprint density at radius 2 is 2.44 bits per heavy atom. The number of hydrogen-bond donors (Lipinski definition) is 1. The third kappa shape index (κ3) is 2.41. The molecule has 0 aliphatic carbocycles. The lowest BCUT2D eigenvalue weighted by atomic mass is 9.88. The van der Waals surface area contributed by atoms with E-state index < -0.39 is 11.7 Å². The van der Waals surface area contributed by atoms with Gasteiger partial charge in [-0.3, -0.25) is 4.68 Å². The Kier molecular flexibility index (Phi) is 3.25. The summed E-state index contributed by atoms with van der Waals surface area (Å²) < 4.78 is 7.35. The highest BCUT2D eigenvalue weighted by atomic mass is 16.5. The summed E-state index contributed by atoms with van der Waals surface area (Å²) >= 11 is 0. The van der Waals surface area contributed by atoms with Crippen molar-refractivity contribution in [3.05, 3.63) is 11.9 Å². The van der Waals surface area contributed by atoms with E-state index in [-0.39, 0.29) is 0 Å². The van der Waals surface area contributed by atoms with Crippen molar-refractivity contribution in [3.8, 4) is 0 Å². The minimum absolute atomic E-state index is 0.421. The van der Waals surface area contributed by atoms with Gasteiger partial charge in [0.15, 0.2) is 0 Å². The molecule has 5 nitrogen and oxygen atoms in total. The normalized spacial score (nSPS) is 27.9. The second kappa shape index (κ2) is 4.51. The monoisotopic (exact) mass is 225 g/mol. The molecule has 5 heteroatoms. The summed E-state index contributed by atoms with van der Waals surface area (Å²) in [4.78, 5) is 0. The Labute approximate surface area is 95.4 Å².